The largest absolute Gasteiger partial charge is 0.481 e. The Morgan fingerprint density at radius 1 is 1.00 bits per heavy atom. The maximum absolute atomic E-state index is 12.8. The molecule has 1 fully saturated rings. The SMILES string of the molecule is O=C(O)CC(NC(=O)OCC1c2ccccc2-c2ccccc21)C(=O)NC1CCCC(CO)C1. The van der Waals surface area contributed by atoms with Gasteiger partial charge in [0, 0.05) is 18.6 Å². The number of alkyl carbamates (subject to hydrolysis) is 1. The molecule has 180 valence electrons. The van der Waals surface area contributed by atoms with Gasteiger partial charge in [0.25, 0.3) is 0 Å². The Hall–Kier alpha value is -3.39. The number of rotatable bonds is 8. The minimum Gasteiger partial charge on any atom is -0.481 e. The molecule has 0 heterocycles. The maximum Gasteiger partial charge on any atom is 0.407 e. The van der Waals surface area contributed by atoms with Gasteiger partial charge in [0.2, 0.25) is 5.91 Å². The predicted molar refractivity (Wildman–Crippen MR) is 125 cm³/mol. The van der Waals surface area contributed by atoms with E-state index in [1.165, 1.54) is 0 Å². The Morgan fingerprint density at radius 2 is 1.65 bits per heavy atom. The Morgan fingerprint density at radius 3 is 2.26 bits per heavy atom. The lowest BCUT2D eigenvalue weighted by Gasteiger charge is -2.29. The van der Waals surface area contributed by atoms with Gasteiger partial charge >= 0.3 is 12.1 Å². The van der Waals surface area contributed by atoms with Gasteiger partial charge in [-0.1, -0.05) is 55.0 Å². The predicted octanol–water partition coefficient (Wildman–Crippen LogP) is 3.04. The van der Waals surface area contributed by atoms with E-state index in [0.717, 1.165) is 41.5 Å². The fourth-order valence-electron chi connectivity index (χ4n) is 5.06. The van der Waals surface area contributed by atoms with Crippen LogP contribution >= 0.6 is 0 Å². The van der Waals surface area contributed by atoms with Crippen molar-refractivity contribution < 1.29 is 29.3 Å². The average molecular weight is 467 g/mol. The van der Waals surface area contributed by atoms with Crippen LogP contribution in [0.2, 0.25) is 0 Å². The molecule has 3 atom stereocenters. The van der Waals surface area contributed by atoms with E-state index in [1.807, 2.05) is 48.5 Å². The van der Waals surface area contributed by atoms with Crippen LogP contribution in [0, 0.1) is 5.92 Å². The first-order valence-corrected chi connectivity index (χ1v) is 11.7. The van der Waals surface area contributed by atoms with E-state index in [4.69, 9.17) is 4.74 Å². The van der Waals surface area contributed by atoms with Gasteiger partial charge in [-0.25, -0.2) is 4.79 Å². The number of carbonyl (C=O) groups is 3. The molecule has 8 nitrogen and oxygen atoms in total. The molecule has 2 aromatic rings. The van der Waals surface area contributed by atoms with Crippen LogP contribution in [0.1, 0.15) is 49.1 Å². The zero-order chi connectivity index (χ0) is 24.1. The van der Waals surface area contributed by atoms with E-state index >= 15 is 0 Å². The third-order valence-corrected chi connectivity index (χ3v) is 6.72. The maximum atomic E-state index is 12.8. The monoisotopic (exact) mass is 466 g/mol. The van der Waals surface area contributed by atoms with Crippen LogP contribution in [0.3, 0.4) is 0 Å². The quantitative estimate of drug-likeness (QED) is 0.474. The zero-order valence-corrected chi connectivity index (χ0v) is 18.9. The number of aliphatic hydroxyl groups excluding tert-OH is 1. The van der Waals surface area contributed by atoms with E-state index in [2.05, 4.69) is 10.6 Å². The highest BCUT2D eigenvalue weighted by molar-refractivity contribution is 5.89. The van der Waals surface area contributed by atoms with Gasteiger partial charge in [0.05, 0.1) is 6.42 Å². The molecule has 2 aromatic carbocycles. The molecule has 3 unspecified atom stereocenters. The summed E-state index contributed by atoms with van der Waals surface area (Å²) in [5.74, 6) is -1.77. The number of benzene rings is 2. The van der Waals surface area contributed by atoms with Crippen LogP contribution < -0.4 is 10.6 Å². The van der Waals surface area contributed by atoms with Gasteiger partial charge in [0.15, 0.2) is 0 Å². The van der Waals surface area contributed by atoms with Crippen molar-refractivity contribution in [2.75, 3.05) is 13.2 Å². The van der Waals surface area contributed by atoms with Gasteiger partial charge in [-0.05, 0) is 47.4 Å². The second kappa shape index (κ2) is 10.7. The molecule has 2 aliphatic carbocycles. The van der Waals surface area contributed by atoms with Crippen LogP contribution in [0.15, 0.2) is 48.5 Å². The number of amides is 2. The summed E-state index contributed by atoms with van der Waals surface area (Å²) in [5.41, 5.74) is 4.33. The number of aliphatic carboxylic acids is 1. The minimum atomic E-state index is -1.25. The molecule has 0 saturated heterocycles. The lowest BCUT2D eigenvalue weighted by molar-refractivity contribution is -0.140. The fourth-order valence-corrected chi connectivity index (χ4v) is 5.06. The van der Waals surface area contributed by atoms with E-state index in [-0.39, 0.29) is 31.1 Å². The summed E-state index contributed by atoms with van der Waals surface area (Å²) in [7, 11) is 0. The first-order valence-electron chi connectivity index (χ1n) is 11.7. The fraction of sp³-hybridized carbons (Fsp3) is 0.423. The Labute approximate surface area is 198 Å². The number of hydrogen-bond donors (Lipinski definition) is 4. The summed E-state index contributed by atoms with van der Waals surface area (Å²) in [4.78, 5) is 36.7. The first-order chi connectivity index (χ1) is 16.5. The number of aliphatic hydroxyl groups is 1. The molecule has 1 saturated carbocycles. The summed E-state index contributed by atoms with van der Waals surface area (Å²) in [5, 5.41) is 23.9. The number of ether oxygens (including phenoxy) is 1. The normalized spacial score (nSPS) is 20.0. The van der Waals surface area contributed by atoms with Crippen molar-refractivity contribution in [1.29, 1.82) is 0 Å². The van der Waals surface area contributed by atoms with E-state index in [0.29, 0.717) is 6.42 Å². The second-order valence-corrected chi connectivity index (χ2v) is 9.04. The molecule has 8 heteroatoms. The standard InChI is InChI=1S/C26H30N2O6/c29-14-16-6-5-7-17(12-16)27-25(32)23(13-24(30)31)28-26(33)34-15-22-20-10-3-1-8-18(20)19-9-2-4-11-21(19)22/h1-4,8-11,16-17,22-23,29H,5-7,12-15H2,(H,27,32)(H,28,33)(H,30,31). The molecule has 34 heavy (non-hydrogen) atoms. The molecule has 0 aliphatic heterocycles. The number of hydrogen-bond acceptors (Lipinski definition) is 5. The number of carboxylic acids is 1. The molecule has 2 aliphatic rings. The highest BCUT2D eigenvalue weighted by Gasteiger charge is 2.31. The molecule has 0 bridgehead atoms. The van der Waals surface area contributed by atoms with Crippen LogP contribution in [-0.4, -0.2) is 53.5 Å². The Bertz CT molecular complexity index is 1010. The third-order valence-electron chi connectivity index (χ3n) is 6.72. The topological polar surface area (TPSA) is 125 Å². The van der Waals surface area contributed by atoms with Crippen LogP contribution in [-0.2, 0) is 14.3 Å². The number of fused-ring (bicyclic) bond motifs is 3. The zero-order valence-electron chi connectivity index (χ0n) is 18.9. The summed E-state index contributed by atoms with van der Waals surface area (Å²) in [6, 6.07) is 14.5. The molecule has 0 aromatic heterocycles. The first kappa shape index (κ1) is 23.8. The molecule has 2 amide bonds. The van der Waals surface area contributed by atoms with Crippen molar-refractivity contribution in [3.63, 3.8) is 0 Å². The molecular weight excluding hydrogens is 436 g/mol. The van der Waals surface area contributed by atoms with Crippen molar-refractivity contribution in [3.05, 3.63) is 59.7 Å². The van der Waals surface area contributed by atoms with Gasteiger partial charge in [-0.2, -0.15) is 0 Å². The van der Waals surface area contributed by atoms with Gasteiger partial charge in [0.1, 0.15) is 12.6 Å². The van der Waals surface area contributed by atoms with E-state index in [9.17, 15) is 24.6 Å². The van der Waals surface area contributed by atoms with Crippen molar-refractivity contribution in [3.8, 4) is 11.1 Å². The Balaban J connectivity index is 1.38. The van der Waals surface area contributed by atoms with Crippen molar-refractivity contribution >= 4 is 18.0 Å². The lowest BCUT2D eigenvalue weighted by Crippen LogP contribution is -2.51. The molecule has 4 rings (SSSR count). The van der Waals surface area contributed by atoms with Crippen LogP contribution in [0.4, 0.5) is 4.79 Å². The van der Waals surface area contributed by atoms with Gasteiger partial charge < -0.3 is 25.6 Å². The second-order valence-electron chi connectivity index (χ2n) is 9.04. The van der Waals surface area contributed by atoms with Crippen molar-refractivity contribution in [2.45, 2.75) is 50.1 Å². The molecular formula is C26H30N2O6. The van der Waals surface area contributed by atoms with Crippen LogP contribution in [0.25, 0.3) is 11.1 Å². The third kappa shape index (κ3) is 5.39. The average Bonchev–Trinajstić information content (AvgIpc) is 3.16. The highest BCUT2D eigenvalue weighted by Crippen LogP contribution is 2.44. The Kier molecular flexibility index (Phi) is 7.47. The number of nitrogens with one attached hydrogen (secondary N) is 2. The van der Waals surface area contributed by atoms with Crippen molar-refractivity contribution in [1.82, 2.24) is 10.6 Å². The van der Waals surface area contributed by atoms with E-state index < -0.39 is 30.4 Å². The van der Waals surface area contributed by atoms with Gasteiger partial charge in [-0.15, -0.1) is 0 Å². The lowest BCUT2D eigenvalue weighted by atomic mass is 9.86. The summed E-state index contributed by atoms with van der Waals surface area (Å²) in [6.45, 7) is 0.130. The summed E-state index contributed by atoms with van der Waals surface area (Å²) >= 11 is 0. The van der Waals surface area contributed by atoms with Gasteiger partial charge in [-0.3, -0.25) is 9.59 Å². The molecule has 0 radical (unpaired) electrons. The van der Waals surface area contributed by atoms with Crippen LogP contribution in [0.5, 0.6) is 0 Å². The van der Waals surface area contributed by atoms with Crippen molar-refractivity contribution in [2.24, 2.45) is 5.92 Å². The summed E-state index contributed by atoms with van der Waals surface area (Å²) in [6.07, 6.45) is 1.78. The number of carboxylic acid groups (broad SMARTS) is 1. The number of carbonyl (C=O) groups excluding carboxylic acids is 2. The smallest absolute Gasteiger partial charge is 0.407 e. The minimum absolute atomic E-state index is 0.0585. The molecule has 4 N–H and O–H groups in total. The highest BCUT2D eigenvalue weighted by atomic mass is 16.5. The van der Waals surface area contributed by atoms with E-state index in [1.54, 1.807) is 0 Å². The summed E-state index contributed by atoms with van der Waals surface area (Å²) < 4.78 is 5.47. The molecule has 0 spiro atoms.